The molecule has 0 bridgehead atoms. The predicted octanol–water partition coefficient (Wildman–Crippen LogP) is 0.0837. The monoisotopic (exact) mass is 329 g/mol. The van der Waals surface area contributed by atoms with Crippen molar-refractivity contribution in [2.45, 2.75) is 57.6 Å². The van der Waals surface area contributed by atoms with Crippen LogP contribution in [0.2, 0.25) is 0 Å². The normalized spacial score (nSPS) is 30.2. The molecule has 1 aliphatic rings. The number of ether oxygens (including phenoxy) is 4. The highest BCUT2D eigenvalue weighted by Crippen LogP contribution is 2.27. The second kappa shape index (κ2) is 8.64. The molecule has 0 unspecified atom stereocenters. The van der Waals surface area contributed by atoms with Crippen LogP contribution in [0, 0.1) is 0 Å². The van der Waals surface area contributed by atoms with Crippen molar-refractivity contribution in [3.05, 3.63) is 12.7 Å². The molecule has 1 aliphatic heterocycles. The lowest BCUT2D eigenvalue weighted by Crippen LogP contribution is -2.64. The SMILES string of the molecule is C=CC[C@H]1O[C@H](COC(C)=O)[C@@H](N)[C@H](OC(C)=O)[C@@H]1OC(C)=O. The second-order valence-electron chi connectivity index (χ2n) is 5.27. The molecular formula is C15H23NO7. The highest BCUT2D eigenvalue weighted by molar-refractivity contribution is 5.67. The van der Waals surface area contributed by atoms with Crippen LogP contribution in [0.3, 0.4) is 0 Å². The van der Waals surface area contributed by atoms with Gasteiger partial charge in [-0.05, 0) is 6.42 Å². The predicted molar refractivity (Wildman–Crippen MR) is 79.2 cm³/mol. The van der Waals surface area contributed by atoms with Crippen LogP contribution in [0.4, 0.5) is 0 Å². The van der Waals surface area contributed by atoms with E-state index in [0.717, 1.165) is 0 Å². The maximum Gasteiger partial charge on any atom is 0.303 e. The summed E-state index contributed by atoms with van der Waals surface area (Å²) in [6, 6.07) is -0.816. The third-order valence-corrected chi connectivity index (χ3v) is 3.30. The van der Waals surface area contributed by atoms with Crippen molar-refractivity contribution in [1.82, 2.24) is 0 Å². The smallest absolute Gasteiger partial charge is 0.303 e. The molecule has 0 aliphatic carbocycles. The van der Waals surface area contributed by atoms with Crippen LogP contribution in [0.5, 0.6) is 0 Å². The van der Waals surface area contributed by atoms with E-state index in [4.69, 9.17) is 24.7 Å². The Morgan fingerprint density at radius 1 is 1.04 bits per heavy atom. The van der Waals surface area contributed by atoms with Gasteiger partial charge in [0.15, 0.2) is 12.2 Å². The van der Waals surface area contributed by atoms with Crippen molar-refractivity contribution in [1.29, 1.82) is 0 Å². The fourth-order valence-electron chi connectivity index (χ4n) is 2.41. The van der Waals surface area contributed by atoms with Crippen molar-refractivity contribution >= 4 is 17.9 Å². The first kappa shape index (κ1) is 19.1. The lowest BCUT2D eigenvalue weighted by molar-refractivity contribution is -0.217. The van der Waals surface area contributed by atoms with Crippen LogP contribution >= 0.6 is 0 Å². The Kier molecular flexibility index (Phi) is 7.18. The quantitative estimate of drug-likeness (QED) is 0.414. The molecule has 5 atom stereocenters. The zero-order valence-electron chi connectivity index (χ0n) is 13.5. The molecule has 1 saturated heterocycles. The van der Waals surface area contributed by atoms with Gasteiger partial charge in [-0.25, -0.2) is 0 Å². The van der Waals surface area contributed by atoms with E-state index >= 15 is 0 Å². The number of carbonyl (C=O) groups excluding carboxylic acids is 3. The molecule has 0 spiro atoms. The minimum atomic E-state index is -0.907. The minimum absolute atomic E-state index is 0.0886. The first-order valence-corrected chi connectivity index (χ1v) is 7.26. The fraction of sp³-hybridized carbons (Fsp3) is 0.667. The Morgan fingerprint density at radius 3 is 2.09 bits per heavy atom. The summed E-state index contributed by atoms with van der Waals surface area (Å²) < 4.78 is 21.2. The van der Waals surface area contributed by atoms with Crippen LogP contribution in [-0.2, 0) is 33.3 Å². The van der Waals surface area contributed by atoms with Crippen molar-refractivity contribution in [2.75, 3.05) is 6.61 Å². The van der Waals surface area contributed by atoms with Crippen molar-refractivity contribution in [2.24, 2.45) is 5.73 Å². The van der Waals surface area contributed by atoms with Gasteiger partial charge < -0.3 is 24.7 Å². The molecule has 23 heavy (non-hydrogen) atoms. The van der Waals surface area contributed by atoms with Crippen LogP contribution in [0.15, 0.2) is 12.7 Å². The zero-order valence-corrected chi connectivity index (χ0v) is 13.5. The van der Waals surface area contributed by atoms with E-state index in [2.05, 4.69) is 6.58 Å². The summed E-state index contributed by atoms with van der Waals surface area (Å²) in [5, 5.41) is 0. The number of carbonyl (C=O) groups is 3. The third-order valence-electron chi connectivity index (χ3n) is 3.30. The highest BCUT2D eigenvalue weighted by atomic mass is 16.6. The van der Waals surface area contributed by atoms with Gasteiger partial charge in [-0.1, -0.05) is 6.08 Å². The van der Waals surface area contributed by atoms with Crippen molar-refractivity contribution < 1.29 is 33.3 Å². The van der Waals surface area contributed by atoms with Gasteiger partial charge in [0.05, 0.1) is 6.04 Å². The lowest BCUT2D eigenvalue weighted by Gasteiger charge is -2.43. The highest BCUT2D eigenvalue weighted by Gasteiger charge is 2.48. The molecule has 8 heteroatoms. The molecule has 0 aromatic heterocycles. The Morgan fingerprint density at radius 2 is 1.61 bits per heavy atom. The number of rotatable bonds is 6. The maximum absolute atomic E-state index is 11.4. The van der Waals surface area contributed by atoms with Gasteiger partial charge in [0.1, 0.15) is 18.8 Å². The Hall–Kier alpha value is -1.93. The van der Waals surface area contributed by atoms with E-state index in [1.54, 1.807) is 6.08 Å². The van der Waals surface area contributed by atoms with Crippen LogP contribution < -0.4 is 5.73 Å². The molecule has 2 N–H and O–H groups in total. The molecule has 0 radical (unpaired) electrons. The van der Waals surface area contributed by atoms with E-state index in [-0.39, 0.29) is 6.61 Å². The summed E-state index contributed by atoms with van der Waals surface area (Å²) in [7, 11) is 0. The second-order valence-corrected chi connectivity index (χ2v) is 5.27. The number of hydrogen-bond donors (Lipinski definition) is 1. The van der Waals surface area contributed by atoms with Gasteiger partial charge in [0.25, 0.3) is 0 Å². The molecule has 1 rings (SSSR count). The number of esters is 3. The van der Waals surface area contributed by atoms with Gasteiger partial charge >= 0.3 is 17.9 Å². The molecular weight excluding hydrogens is 306 g/mol. The van der Waals surface area contributed by atoms with E-state index in [9.17, 15) is 14.4 Å². The van der Waals surface area contributed by atoms with E-state index < -0.39 is 48.4 Å². The summed E-state index contributed by atoms with van der Waals surface area (Å²) in [6.45, 7) is 7.28. The van der Waals surface area contributed by atoms with E-state index in [0.29, 0.717) is 6.42 Å². The fourth-order valence-corrected chi connectivity index (χ4v) is 2.41. The standard InChI is InChI=1S/C15H23NO7/c1-5-6-11-14(21-9(3)18)15(22-10(4)19)13(16)12(23-11)7-20-8(2)17/h5,11-15H,1,6-7,16H2,2-4H3/t11-,12-,13-,14-,15+/m1/s1. The molecule has 130 valence electrons. The molecule has 0 aromatic rings. The van der Waals surface area contributed by atoms with E-state index in [1.807, 2.05) is 0 Å². The average molecular weight is 329 g/mol. The van der Waals surface area contributed by atoms with Crippen LogP contribution in [0.1, 0.15) is 27.2 Å². The summed E-state index contributed by atoms with van der Waals surface area (Å²) in [5.41, 5.74) is 6.07. The van der Waals surface area contributed by atoms with Gasteiger partial charge in [-0.2, -0.15) is 0 Å². The number of hydrogen-bond acceptors (Lipinski definition) is 8. The van der Waals surface area contributed by atoms with Gasteiger partial charge in [-0.15, -0.1) is 6.58 Å². The molecule has 0 aromatic carbocycles. The maximum atomic E-state index is 11.4. The third kappa shape index (κ3) is 5.65. The average Bonchev–Trinajstić information content (AvgIpc) is 2.43. The summed E-state index contributed by atoms with van der Waals surface area (Å²) >= 11 is 0. The zero-order chi connectivity index (χ0) is 17.6. The van der Waals surface area contributed by atoms with E-state index in [1.165, 1.54) is 20.8 Å². The molecule has 1 fully saturated rings. The van der Waals surface area contributed by atoms with Gasteiger partial charge in [0.2, 0.25) is 0 Å². The Bertz CT molecular complexity index is 465. The first-order valence-electron chi connectivity index (χ1n) is 7.26. The summed E-state index contributed by atoms with van der Waals surface area (Å²) in [6.07, 6.45) is -1.14. The van der Waals surface area contributed by atoms with Gasteiger partial charge in [0, 0.05) is 20.8 Å². The van der Waals surface area contributed by atoms with Crippen LogP contribution in [0.25, 0.3) is 0 Å². The largest absolute Gasteiger partial charge is 0.463 e. The molecule has 8 nitrogen and oxygen atoms in total. The molecule has 0 amide bonds. The summed E-state index contributed by atoms with van der Waals surface area (Å²) in [4.78, 5) is 33.7. The molecule has 1 heterocycles. The van der Waals surface area contributed by atoms with Gasteiger partial charge in [-0.3, -0.25) is 14.4 Å². The van der Waals surface area contributed by atoms with Crippen molar-refractivity contribution in [3.63, 3.8) is 0 Å². The Balaban J connectivity index is 3.01. The van der Waals surface area contributed by atoms with Crippen molar-refractivity contribution in [3.8, 4) is 0 Å². The first-order chi connectivity index (χ1) is 10.8. The minimum Gasteiger partial charge on any atom is -0.463 e. The lowest BCUT2D eigenvalue weighted by atomic mass is 9.91. The number of nitrogens with two attached hydrogens (primary N) is 1. The Labute approximate surface area is 134 Å². The summed E-state index contributed by atoms with van der Waals surface area (Å²) in [5.74, 6) is -1.59. The molecule has 0 saturated carbocycles. The topological polar surface area (TPSA) is 114 Å². The van der Waals surface area contributed by atoms with Crippen LogP contribution in [-0.4, -0.2) is 55.0 Å².